The Labute approximate surface area is 202 Å². The van der Waals surface area contributed by atoms with E-state index in [-0.39, 0.29) is 0 Å². The first-order chi connectivity index (χ1) is 16.6. The van der Waals surface area contributed by atoms with Gasteiger partial charge in [-0.25, -0.2) is 14.5 Å². The molecule has 0 unspecified atom stereocenters. The summed E-state index contributed by atoms with van der Waals surface area (Å²) in [6.45, 7) is 3.71. The molecular weight excluding hydrogens is 454 g/mol. The Morgan fingerprint density at radius 3 is 2.82 bits per heavy atom. The molecule has 34 heavy (non-hydrogen) atoms. The molecule has 10 heteroatoms. The molecule has 176 valence electrons. The van der Waals surface area contributed by atoms with Gasteiger partial charge in [-0.3, -0.25) is 4.90 Å². The molecule has 0 spiro atoms. The second-order valence-electron chi connectivity index (χ2n) is 8.09. The molecule has 9 nitrogen and oxygen atoms in total. The van der Waals surface area contributed by atoms with Crippen LogP contribution in [0.5, 0.6) is 11.5 Å². The third-order valence-electron chi connectivity index (χ3n) is 5.87. The molecular formula is C24H26ClN7O2. The monoisotopic (exact) mass is 479 g/mol. The molecule has 3 aromatic heterocycles. The first kappa shape index (κ1) is 22.2. The van der Waals surface area contributed by atoms with E-state index in [1.165, 1.54) is 12.8 Å². The molecule has 0 radical (unpaired) electrons. The van der Waals surface area contributed by atoms with Gasteiger partial charge in [0.1, 0.15) is 18.1 Å². The maximum absolute atomic E-state index is 6.44. The molecule has 0 aliphatic carbocycles. The van der Waals surface area contributed by atoms with Crippen molar-refractivity contribution in [1.29, 1.82) is 0 Å². The summed E-state index contributed by atoms with van der Waals surface area (Å²) in [4.78, 5) is 11.4. The van der Waals surface area contributed by atoms with Gasteiger partial charge in [-0.2, -0.15) is 5.10 Å². The summed E-state index contributed by atoms with van der Waals surface area (Å²) in [5.41, 5.74) is 9.69. The fraction of sp³-hybridized carbons (Fsp3) is 0.292. The molecule has 1 aliphatic rings. The number of nitrogen functional groups attached to an aromatic ring is 1. The van der Waals surface area contributed by atoms with Crippen LogP contribution in [-0.4, -0.2) is 57.8 Å². The molecule has 4 heterocycles. The molecule has 1 saturated heterocycles. The third kappa shape index (κ3) is 4.57. The van der Waals surface area contributed by atoms with Crippen molar-refractivity contribution in [1.82, 2.24) is 24.5 Å². The Hall–Kier alpha value is -3.56. The highest BCUT2D eigenvalue weighted by molar-refractivity contribution is 6.33. The molecule has 1 fully saturated rings. The zero-order chi connectivity index (χ0) is 23.5. The maximum Gasteiger partial charge on any atom is 0.227 e. The topological polar surface area (TPSA) is 103 Å². The molecule has 0 saturated carbocycles. The van der Waals surface area contributed by atoms with Crippen LogP contribution in [0.15, 0.2) is 48.9 Å². The highest BCUT2D eigenvalue weighted by Crippen LogP contribution is 2.37. The van der Waals surface area contributed by atoms with Crippen LogP contribution in [-0.2, 0) is 0 Å². The third-order valence-corrected chi connectivity index (χ3v) is 6.14. The van der Waals surface area contributed by atoms with Crippen LogP contribution in [0.4, 0.5) is 17.3 Å². The number of methoxy groups -OCH3 is 1. The van der Waals surface area contributed by atoms with Gasteiger partial charge in [-0.05, 0) is 44.1 Å². The van der Waals surface area contributed by atoms with E-state index in [4.69, 9.17) is 26.8 Å². The fourth-order valence-corrected chi connectivity index (χ4v) is 4.31. The average Bonchev–Trinajstić information content (AvgIpc) is 3.52. The summed E-state index contributed by atoms with van der Waals surface area (Å²) in [7, 11) is 1.60. The van der Waals surface area contributed by atoms with Gasteiger partial charge in [-0.15, -0.1) is 0 Å². The van der Waals surface area contributed by atoms with Crippen LogP contribution in [0.1, 0.15) is 12.8 Å². The Bertz CT molecular complexity index is 1300. The molecule has 1 aliphatic heterocycles. The first-order valence-electron chi connectivity index (χ1n) is 11.2. The van der Waals surface area contributed by atoms with Crippen molar-refractivity contribution in [3.8, 4) is 22.8 Å². The van der Waals surface area contributed by atoms with E-state index in [1.54, 1.807) is 36.2 Å². The lowest BCUT2D eigenvalue weighted by Crippen LogP contribution is -2.25. The smallest absolute Gasteiger partial charge is 0.227 e. The molecule has 1 aromatic carbocycles. The van der Waals surface area contributed by atoms with Gasteiger partial charge < -0.3 is 20.5 Å². The number of ether oxygens (including phenoxy) is 2. The number of aromatic nitrogens is 4. The van der Waals surface area contributed by atoms with Crippen LogP contribution in [0.25, 0.3) is 16.8 Å². The lowest BCUT2D eigenvalue weighted by atomic mass is 10.2. The second kappa shape index (κ2) is 9.74. The van der Waals surface area contributed by atoms with Gasteiger partial charge in [0.25, 0.3) is 0 Å². The van der Waals surface area contributed by atoms with Crippen LogP contribution >= 0.6 is 11.6 Å². The number of fused-ring (bicyclic) bond motifs is 1. The predicted molar refractivity (Wildman–Crippen MR) is 133 cm³/mol. The SMILES string of the molecule is COc1cc(OCCN2CCCC2)c(N)cc1Nc1ncc(Cl)c(-c2cnn3ccccc23)n1. The van der Waals surface area contributed by atoms with Crippen LogP contribution in [0, 0.1) is 0 Å². The number of rotatable bonds is 8. The lowest BCUT2D eigenvalue weighted by molar-refractivity contribution is 0.238. The Balaban J connectivity index is 1.37. The minimum atomic E-state index is 0.357. The number of nitrogens with zero attached hydrogens (tertiary/aromatic N) is 5. The molecule has 3 N–H and O–H groups in total. The van der Waals surface area contributed by atoms with Crippen LogP contribution in [0.2, 0.25) is 5.02 Å². The maximum atomic E-state index is 6.44. The zero-order valence-corrected chi connectivity index (χ0v) is 19.6. The van der Waals surface area contributed by atoms with Crippen molar-refractivity contribution in [2.24, 2.45) is 0 Å². The summed E-state index contributed by atoms with van der Waals surface area (Å²) in [5, 5.41) is 7.99. The average molecular weight is 480 g/mol. The van der Waals surface area contributed by atoms with E-state index < -0.39 is 0 Å². The zero-order valence-electron chi connectivity index (χ0n) is 18.9. The van der Waals surface area contributed by atoms with Crippen LogP contribution in [0.3, 0.4) is 0 Å². The van der Waals surface area contributed by atoms with E-state index >= 15 is 0 Å². The Kier molecular flexibility index (Phi) is 6.37. The van der Waals surface area contributed by atoms with Gasteiger partial charge >= 0.3 is 0 Å². The van der Waals surface area contributed by atoms with Crippen molar-refractivity contribution in [3.63, 3.8) is 0 Å². The highest BCUT2D eigenvalue weighted by Gasteiger charge is 2.16. The number of likely N-dealkylation sites (tertiary alicyclic amines) is 1. The van der Waals surface area contributed by atoms with Gasteiger partial charge in [0.05, 0.1) is 47.1 Å². The quantitative estimate of drug-likeness (QED) is 0.361. The number of halogens is 1. The number of benzene rings is 1. The van der Waals surface area contributed by atoms with E-state index in [0.717, 1.165) is 30.7 Å². The van der Waals surface area contributed by atoms with Gasteiger partial charge in [0.2, 0.25) is 5.95 Å². The summed E-state index contributed by atoms with van der Waals surface area (Å²) in [5.74, 6) is 1.52. The van der Waals surface area contributed by atoms with Gasteiger partial charge in [0, 0.05) is 24.4 Å². The number of pyridine rings is 1. The predicted octanol–water partition coefficient (Wildman–Crippen LogP) is 4.25. The summed E-state index contributed by atoms with van der Waals surface area (Å²) in [6.07, 6.45) is 7.67. The van der Waals surface area contributed by atoms with E-state index in [0.29, 0.717) is 46.1 Å². The van der Waals surface area contributed by atoms with Crippen LogP contribution < -0.4 is 20.5 Å². The molecule has 0 atom stereocenters. The van der Waals surface area contributed by atoms with Gasteiger partial charge in [-0.1, -0.05) is 17.7 Å². The molecule has 5 rings (SSSR count). The fourth-order valence-electron chi connectivity index (χ4n) is 4.11. The molecule has 0 bridgehead atoms. The Morgan fingerprint density at radius 1 is 1.15 bits per heavy atom. The minimum Gasteiger partial charge on any atom is -0.494 e. The second-order valence-corrected chi connectivity index (χ2v) is 8.50. The number of hydrogen-bond acceptors (Lipinski definition) is 8. The minimum absolute atomic E-state index is 0.357. The standard InChI is InChI=1S/C24H26ClN7O2/c1-33-22-13-21(34-11-10-31-7-4-5-8-31)18(26)12-19(22)29-24-27-15-17(25)23(30-24)16-14-28-32-9-3-2-6-20(16)32/h2-3,6,9,12-15H,4-5,7-8,10-11,26H2,1H3,(H,27,29,30). The van der Waals surface area contributed by atoms with Crippen molar-refractivity contribution >= 4 is 34.4 Å². The van der Waals surface area contributed by atoms with Crippen molar-refractivity contribution in [2.45, 2.75) is 12.8 Å². The van der Waals surface area contributed by atoms with Crippen molar-refractivity contribution in [3.05, 3.63) is 53.9 Å². The number of hydrogen-bond donors (Lipinski definition) is 2. The number of nitrogens with two attached hydrogens (primary N) is 1. The van der Waals surface area contributed by atoms with E-state index in [1.807, 2.05) is 24.4 Å². The van der Waals surface area contributed by atoms with Crippen molar-refractivity contribution in [2.75, 3.05) is 44.4 Å². The summed E-state index contributed by atoms with van der Waals surface area (Å²) >= 11 is 6.44. The highest BCUT2D eigenvalue weighted by atomic mass is 35.5. The summed E-state index contributed by atoms with van der Waals surface area (Å²) in [6, 6.07) is 9.35. The van der Waals surface area contributed by atoms with Gasteiger partial charge in [0.15, 0.2) is 0 Å². The molecule has 4 aromatic rings. The lowest BCUT2D eigenvalue weighted by Gasteiger charge is -2.18. The molecule has 0 amide bonds. The van der Waals surface area contributed by atoms with E-state index in [9.17, 15) is 0 Å². The summed E-state index contributed by atoms with van der Waals surface area (Å²) < 4.78 is 13.3. The Morgan fingerprint density at radius 2 is 2.00 bits per heavy atom. The first-order valence-corrected chi connectivity index (χ1v) is 11.5. The number of nitrogens with one attached hydrogen (secondary N) is 1. The number of anilines is 3. The van der Waals surface area contributed by atoms with Crippen molar-refractivity contribution < 1.29 is 9.47 Å². The largest absolute Gasteiger partial charge is 0.494 e. The normalized spacial score (nSPS) is 13.9. The van der Waals surface area contributed by atoms with E-state index in [2.05, 4.69) is 25.3 Å².